The van der Waals surface area contributed by atoms with Crippen LogP contribution in [0.3, 0.4) is 0 Å². The van der Waals surface area contributed by atoms with Crippen molar-refractivity contribution in [2.75, 3.05) is 30.4 Å². The van der Waals surface area contributed by atoms with Gasteiger partial charge in [-0.3, -0.25) is 0 Å². The van der Waals surface area contributed by atoms with Crippen LogP contribution in [-0.4, -0.2) is 41.0 Å². The third-order valence-electron chi connectivity index (χ3n) is 2.10. The first-order valence-corrected chi connectivity index (χ1v) is 5.49. The van der Waals surface area contributed by atoms with E-state index in [-0.39, 0.29) is 19.3 Å². The Bertz CT molecular complexity index is 303. The zero-order valence-electron chi connectivity index (χ0n) is 9.48. The molecule has 0 atom stereocenters. The Hall–Kier alpha value is -1.33. The van der Waals surface area contributed by atoms with Gasteiger partial charge in [-0.15, -0.1) is 0 Å². The third kappa shape index (κ3) is 4.04. The number of pyridine rings is 1. The number of aromatic nitrogens is 1. The van der Waals surface area contributed by atoms with Crippen LogP contribution in [0.5, 0.6) is 0 Å². The zero-order chi connectivity index (χ0) is 11.8. The monoisotopic (exact) mass is 225 g/mol. The minimum absolute atomic E-state index is 0.120. The lowest BCUT2D eigenvalue weighted by molar-refractivity contribution is 0.203. The van der Waals surface area contributed by atoms with Crippen molar-refractivity contribution in [1.29, 1.82) is 0 Å². The first kappa shape index (κ1) is 12.7. The first-order valence-electron chi connectivity index (χ1n) is 5.49. The molecule has 16 heavy (non-hydrogen) atoms. The van der Waals surface area contributed by atoms with Crippen molar-refractivity contribution in [3.63, 3.8) is 0 Å². The maximum absolute atomic E-state index is 8.93. The van der Waals surface area contributed by atoms with E-state index in [1.165, 1.54) is 0 Å². The number of rotatable bonds is 7. The summed E-state index contributed by atoms with van der Waals surface area (Å²) in [5.74, 6) is 1.44. The maximum Gasteiger partial charge on any atom is 0.128 e. The molecule has 4 N–H and O–H groups in total. The number of aliphatic hydroxyl groups is 2. The summed E-state index contributed by atoms with van der Waals surface area (Å²) in [6, 6.07) is 5.19. The highest BCUT2D eigenvalue weighted by atomic mass is 16.3. The Kier molecular flexibility index (Phi) is 5.60. The van der Waals surface area contributed by atoms with E-state index in [2.05, 4.69) is 22.5 Å². The molecule has 0 spiro atoms. The van der Waals surface area contributed by atoms with Gasteiger partial charge in [0.1, 0.15) is 11.6 Å². The molecule has 0 bridgehead atoms. The smallest absolute Gasteiger partial charge is 0.128 e. The lowest BCUT2D eigenvalue weighted by Crippen LogP contribution is -2.28. The lowest BCUT2D eigenvalue weighted by Gasteiger charge is -2.14. The van der Waals surface area contributed by atoms with Crippen LogP contribution >= 0.6 is 0 Å². The summed E-state index contributed by atoms with van der Waals surface area (Å²) in [6.07, 6.45) is 1.04. The SMILES string of the molecule is CCCNc1cccc(NC(CO)CO)n1. The summed E-state index contributed by atoms with van der Waals surface area (Å²) < 4.78 is 0. The zero-order valence-corrected chi connectivity index (χ0v) is 9.48. The summed E-state index contributed by atoms with van der Waals surface area (Å²) in [6.45, 7) is 2.72. The summed E-state index contributed by atoms with van der Waals surface area (Å²) >= 11 is 0. The van der Waals surface area contributed by atoms with Gasteiger partial charge in [-0.05, 0) is 18.6 Å². The van der Waals surface area contributed by atoms with Crippen LogP contribution in [0.4, 0.5) is 11.6 Å². The van der Waals surface area contributed by atoms with Crippen LogP contribution in [0.25, 0.3) is 0 Å². The fraction of sp³-hybridized carbons (Fsp3) is 0.545. The van der Waals surface area contributed by atoms with Crippen LogP contribution in [0.1, 0.15) is 13.3 Å². The maximum atomic E-state index is 8.93. The molecule has 0 unspecified atom stereocenters. The van der Waals surface area contributed by atoms with E-state index < -0.39 is 0 Å². The van der Waals surface area contributed by atoms with Crippen LogP contribution < -0.4 is 10.6 Å². The van der Waals surface area contributed by atoms with E-state index in [0.717, 1.165) is 18.8 Å². The molecule has 0 aliphatic heterocycles. The molecule has 0 radical (unpaired) electrons. The normalized spacial score (nSPS) is 10.5. The molecular weight excluding hydrogens is 206 g/mol. The second kappa shape index (κ2) is 7.03. The summed E-state index contributed by atoms with van der Waals surface area (Å²) in [7, 11) is 0. The molecule has 0 aliphatic carbocycles. The van der Waals surface area contributed by atoms with Gasteiger partial charge in [-0.2, -0.15) is 0 Å². The van der Waals surface area contributed by atoms with Gasteiger partial charge in [0.05, 0.1) is 19.3 Å². The predicted octanol–water partition coefficient (Wildman–Crippen LogP) is 0.669. The van der Waals surface area contributed by atoms with E-state index in [9.17, 15) is 0 Å². The first-order chi connectivity index (χ1) is 7.80. The van der Waals surface area contributed by atoms with Crippen molar-refractivity contribution >= 4 is 11.6 Å². The Balaban J connectivity index is 2.59. The van der Waals surface area contributed by atoms with E-state index in [0.29, 0.717) is 5.82 Å². The van der Waals surface area contributed by atoms with Crippen LogP contribution in [0, 0.1) is 0 Å². The van der Waals surface area contributed by atoms with Gasteiger partial charge < -0.3 is 20.8 Å². The van der Waals surface area contributed by atoms with Gasteiger partial charge in [-0.25, -0.2) is 4.98 Å². The number of nitrogens with one attached hydrogen (secondary N) is 2. The van der Waals surface area contributed by atoms with Crippen molar-refractivity contribution in [3.8, 4) is 0 Å². The molecule has 1 aromatic rings. The highest BCUT2D eigenvalue weighted by Crippen LogP contribution is 2.10. The fourth-order valence-electron chi connectivity index (χ4n) is 1.22. The molecule has 90 valence electrons. The summed E-state index contributed by atoms with van der Waals surface area (Å²) in [5.41, 5.74) is 0. The van der Waals surface area contributed by atoms with Gasteiger partial charge in [-0.1, -0.05) is 13.0 Å². The molecule has 0 amide bonds. The van der Waals surface area contributed by atoms with E-state index >= 15 is 0 Å². The average Bonchev–Trinajstić information content (AvgIpc) is 2.34. The van der Waals surface area contributed by atoms with Crippen molar-refractivity contribution in [2.24, 2.45) is 0 Å². The van der Waals surface area contributed by atoms with Crippen molar-refractivity contribution < 1.29 is 10.2 Å². The quantitative estimate of drug-likeness (QED) is 0.548. The van der Waals surface area contributed by atoms with Crippen molar-refractivity contribution in [3.05, 3.63) is 18.2 Å². The molecule has 1 rings (SSSR count). The van der Waals surface area contributed by atoms with Crippen molar-refractivity contribution in [2.45, 2.75) is 19.4 Å². The molecule has 0 saturated heterocycles. The van der Waals surface area contributed by atoms with E-state index in [4.69, 9.17) is 10.2 Å². The molecule has 5 nitrogen and oxygen atoms in total. The van der Waals surface area contributed by atoms with Crippen molar-refractivity contribution in [1.82, 2.24) is 4.98 Å². The number of anilines is 2. The molecule has 5 heteroatoms. The molecular formula is C11H19N3O2. The second-order valence-electron chi connectivity index (χ2n) is 3.54. The Morgan fingerprint density at radius 1 is 1.25 bits per heavy atom. The molecule has 0 aliphatic rings. The van der Waals surface area contributed by atoms with E-state index in [1.807, 2.05) is 12.1 Å². The minimum atomic E-state index is -0.367. The fourth-order valence-corrected chi connectivity index (χ4v) is 1.22. The molecule has 1 aromatic heterocycles. The highest BCUT2D eigenvalue weighted by Gasteiger charge is 2.05. The standard InChI is InChI=1S/C11H19N3O2/c1-2-6-12-10-4-3-5-11(14-10)13-9(7-15)8-16/h3-5,9,15-16H,2,6-8H2,1H3,(H2,12,13,14). The molecule has 1 heterocycles. The predicted molar refractivity (Wildman–Crippen MR) is 64.6 cm³/mol. The van der Waals surface area contributed by atoms with Crippen LogP contribution in [0.15, 0.2) is 18.2 Å². The number of hydrogen-bond acceptors (Lipinski definition) is 5. The largest absolute Gasteiger partial charge is 0.394 e. The van der Waals surface area contributed by atoms with Gasteiger partial charge in [0, 0.05) is 6.54 Å². The second-order valence-corrected chi connectivity index (χ2v) is 3.54. The summed E-state index contributed by atoms with van der Waals surface area (Å²) in [5, 5.41) is 24.0. The number of aliphatic hydroxyl groups excluding tert-OH is 2. The van der Waals surface area contributed by atoms with Gasteiger partial charge in [0.2, 0.25) is 0 Å². The Labute approximate surface area is 95.5 Å². The van der Waals surface area contributed by atoms with Crippen LogP contribution in [0.2, 0.25) is 0 Å². The highest BCUT2D eigenvalue weighted by molar-refractivity contribution is 5.45. The van der Waals surface area contributed by atoms with Gasteiger partial charge in [0.15, 0.2) is 0 Å². The molecule has 0 fully saturated rings. The van der Waals surface area contributed by atoms with Gasteiger partial charge in [0.25, 0.3) is 0 Å². The molecule has 0 aromatic carbocycles. The Morgan fingerprint density at radius 2 is 1.94 bits per heavy atom. The van der Waals surface area contributed by atoms with E-state index in [1.54, 1.807) is 6.07 Å². The number of nitrogens with zero attached hydrogens (tertiary/aromatic N) is 1. The van der Waals surface area contributed by atoms with Crippen LogP contribution in [-0.2, 0) is 0 Å². The summed E-state index contributed by atoms with van der Waals surface area (Å²) in [4.78, 5) is 4.30. The topological polar surface area (TPSA) is 77.4 Å². The molecule has 0 saturated carbocycles. The minimum Gasteiger partial charge on any atom is -0.394 e. The lowest BCUT2D eigenvalue weighted by atomic mass is 10.3. The Morgan fingerprint density at radius 3 is 2.56 bits per heavy atom. The number of hydrogen-bond donors (Lipinski definition) is 4. The van der Waals surface area contributed by atoms with Gasteiger partial charge >= 0.3 is 0 Å². The third-order valence-corrected chi connectivity index (χ3v) is 2.10. The average molecular weight is 225 g/mol.